The van der Waals surface area contributed by atoms with Crippen LogP contribution >= 0.6 is 11.3 Å². The van der Waals surface area contributed by atoms with Crippen molar-refractivity contribution in [2.45, 2.75) is 0 Å². The Morgan fingerprint density at radius 1 is 1.38 bits per heavy atom. The first-order valence-electron chi connectivity index (χ1n) is 4.57. The van der Waals surface area contributed by atoms with Gasteiger partial charge in [-0.25, -0.2) is 5.48 Å². The maximum absolute atomic E-state index is 11.2. The van der Waals surface area contributed by atoms with E-state index < -0.39 is 5.91 Å². The molecule has 2 rings (SSSR count). The standard InChI is InChI=1S/C10H10N2O3S/c13-5-11-7-1-2-8-6(3-7)4-9(16-8)10(14)12-15/h1-4,11,13,15H,5H2,(H,12,14). The van der Waals surface area contributed by atoms with E-state index in [4.69, 9.17) is 10.3 Å². The molecule has 0 bridgehead atoms. The van der Waals surface area contributed by atoms with Crippen LogP contribution in [0.4, 0.5) is 5.69 Å². The highest BCUT2D eigenvalue weighted by molar-refractivity contribution is 7.20. The number of benzene rings is 1. The summed E-state index contributed by atoms with van der Waals surface area (Å²) in [5, 5.41) is 20.9. The van der Waals surface area contributed by atoms with Crippen LogP contribution in [0.2, 0.25) is 0 Å². The number of anilines is 1. The predicted molar refractivity (Wildman–Crippen MR) is 61.8 cm³/mol. The Hall–Kier alpha value is -1.63. The van der Waals surface area contributed by atoms with E-state index in [-0.39, 0.29) is 6.73 Å². The molecule has 1 aromatic heterocycles. The minimum absolute atomic E-state index is 0.139. The molecule has 0 aliphatic rings. The van der Waals surface area contributed by atoms with Crippen LogP contribution in [0.1, 0.15) is 9.67 Å². The van der Waals surface area contributed by atoms with Gasteiger partial charge in [0.1, 0.15) is 6.73 Å². The molecule has 0 aliphatic heterocycles. The second-order valence-electron chi connectivity index (χ2n) is 3.14. The highest BCUT2D eigenvalue weighted by atomic mass is 32.1. The summed E-state index contributed by atoms with van der Waals surface area (Å²) in [4.78, 5) is 11.6. The lowest BCUT2D eigenvalue weighted by Crippen LogP contribution is -2.16. The molecule has 1 aromatic carbocycles. The van der Waals surface area contributed by atoms with Crippen LogP contribution in [0.3, 0.4) is 0 Å². The largest absolute Gasteiger partial charge is 0.377 e. The Morgan fingerprint density at radius 3 is 2.88 bits per heavy atom. The van der Waals surface area contributed by atoms with Crippen LogP contribution in [-0.4, -0.2) is 23.0 Å². The molecule has 1 amide bonds. The van der Waals surface area contributed by atoms with Crippen molar-refractivity contribution in [3.05, 3.63) is 29.1 Å². The van der Waals surface area contributed by atoms with Crippen molar-refractivity contribution in [3.63, 3.8) is 0 Å². The topological polar surface area (TPSA) is 81.6 Å². The zero-order valence-corrected chi connectivity index (χ0v) is 9.04. The number of hydrogen-bond acceptors (Lipinski definition) is 5. The van der Waals surface area contributed by atoms with Crippen molar-refractivity contribution >= 4 is 33.0 Å². The van der Waals surface area contributed by atoms with Crippen LogP contribution in [0.25, 0.3) is 10.1 Å². The number of hydrogen-bond donors (Lipinski definition) is 4. The second kappa shape index (κ2) is 4.48. The molecule has 0 saturated heterocycles. The van der Waals surface area contributed by atoms with Gasteiger partial charge in [-0.3, -0.25) is 10.0 Å². The molecule has 0 saturated carbocycles. The second-order valence-corrected chi connectivity index (χ2v) is 4.22. The van der Waals surface area contributed by atoms with Crippen LogP contribution in [0.15, 0.2) is 24.3 Å². The number of aliphatic hydroxyl groups excluding tert-OH is 1. The van der Waals surface area contributed by atoms with E-state index >= 15 is 0 Å². The normalized spacial score (nSPS) is 10.4. The number of carbonyl (C=O) groups is 1. The minimum atomic E-state index is -0.516. The first kappa shape index (κ1) is 10.9. The number of carbonyl (C=O) groups excluding carboxylic acids is 1. The lowest BCUT2D eigenvalue weighted by Gasteiger charge is -2.00. The third-order valence-corrected chi connectivity index (χ3v) is 3.24. The third-order valence-electron chi connectivity index (χ3n) is 2.12. The van der Waals surface area contributed by atoms with E-state index in [1.54, 1.807) is 11.5 Å². The van der Waals surface area contributed by atoms with Crippen molar-refractivity contribution in [1.82, 2.24) is 5.48 Å². The van der Waals surface area contributed by atoms with E-state index in [0.717, 1.165) is 15.8 Å². The quantitative estimate of drug-likeness (QED) is 0.370. The van der Waals surface area contributed by atoms with Crippen LogP contribution in [0, 0.1) is 0 Å². The van der Waals surface area contributed by atoms with Gasteiger partial charge in [0.25, 0.3) is 5.91 Å². The Kier molecular flexibility index (Phi) is 3.04. The maximum atomic E-state index is 11.2. The molecule has 84 valence electrons. The van der Waals surface area contributed by atoms with Gasteiger partial charge in [0.2, 0.25) is 0 Å². The van der Waals surface area contributed by atoms with Crippen LogP contribution < -0.4 is 10.8 Å². The highest BCUT2D eigenvalue weighted by Gasteiger charge is 2.09. The van der Waals surface area contributed by atoms with E-state index in [9.17, 15) is 4.79 Å². The molecule has 0 unspecified atom stereocenters. The van der Waals surface area contributed by atoms with Gasteiger partial charge in [-0.2, -0.15) is 0 Å². The molecular weight excluding hydrogens is 228 g/mol. The van der Waals surface area contributed by atoms with Gasteiger partial charge in [0, 0.05) is 10.4 Å². The highest BCUT2D eigenvalue weighted by Crippen LogP contribution is 2.27. The number of aliphatic hydroxyl groups is 1. The molecule has 0 aliphatic carbocycles. The summed E-state index contributed by atoms with van der Waals surface area (Å²) in [6.07, 6.45) is 0. The number of fused-ring (bicyclic) bond motifs is 1. The Bertz CT molecular complexity index is 524. The summed E-state index contributed by atoms with van der Waals surface area (Å²) in [6.45, 7) is -0.139. The molecule has 0 spiro atoms. The fourth-order valence-electron chi connectivity index (χ4n) is 1.41. The van der Waals surface area contributed by atoms with Gasteiger partial charge < -0.3 is 10.4 Å². The summed E-state index contributed by atoms with van der Waals surface area (Å²) in [7, 11) is 0. The lowest BCUT2D eigenvalue weighted by atomic mass is 10.2. The Morgan fingerprint density at radius 2 is 2.19 bits per heavy atom. The number of amides is 1. The van der Waals surface area contributed by atoms with E-state index in [2.05, 4.69) is 5.32 Å². The average molecular weight is 238 g/mol. The monoisotopic (exact) mass is 238 g/mol. The molecule has 1 heterocycles. The minimum Gasteiger partial charge on any atom is -0.377 e. The molecule has 16 heavy (non-hydrogen) atoms. The average Bonchev–Trinajstić information content (AvgIpc) is 2.71. The molecule has 0 radical (unpaired) electrons. The van der Waals surface area contributed by atoms with Gasteiger partial charge in [0.15, 0.2) is 0 Å². The Balaban J connectivity index is 2.41. The van der Waals surface area contributed by atoms with Crippen molar-refractivity contribution < 1.29 is 15.1 Å². The van der Waals surface area contributed by atoms with Gasteiger partial charge in [-0.15, -0.1) is 11.3 Å². The zero-order chi connectivity index (χ0) is 11.5. The summed E-state index contributed by atoms with van der Waals surface area (Å²) in [6, 6.07) is 7.19. The maximum Gasteiger partial charge on any atom is 0.284 e. The van der Waals surface area contributed by atoms with Gasteiger partial charge in [-0.05, 0) is 29.7 Å². The van der Waals surface area contributed by atoms with Gasteiger partial charge >= 0.3 is 0 Å². The van der Waals surface area contributed by atoms with Crippen molar-refractivity contribution in [3.8, 4) is 0 Å². The fraction of sp³-hybridized carbons (Fsp3) is 0.100. The summed E-state index contributed by atoms with van der Waals surface area (Å²) < 4.78 is 0.946. The van der Waals surface area contributed by atoms with E-state index in [1.165, 1.54) is 11.3 Å². The third kappa shape index (κ3) is 1.99. The SMILES string of the molecule is O=C(NO)c1cc2cc(NCO)ccc2s1. The lowest BCUT2D eigenvalue weighted by molar-refractivity contribution is 0.0711. The number of nitrogens with one attached hydrogen (secondary N) is 2. The van der Waals surface area contributed by atoms with Gasteiger partial charge in [0.05, 0.1) is 4.88 Å². The number of thiophene rings is 1. The van der Waals surface area contributed by atoms with Crippen molar-refractivity contribution in [1.29, 1.82) is 0 Å². The predicted octanol–water partition coefficient (Wildman–Crippen LogP) is 1.38. The van der Waals surface area contributed by atoms with E-state index in [1.807, 2.05) is 18.2 Å². The first-order chi connectivity index (χ1) is 7.74. The number of rotatable bonds is 3. The van der Waals surface area contributed by atoms with E-state index in [0.29, 0.717) is 4.88 Å². The summed E-state index contributed by atoms with van der Waals surface area (Å²) in [5.41, 5.74) is 2.38. The summed E-state index contributed by atoms with van der Waals surface area (Å²) in [5.74, 6) is -0.516. The molecule has 0 fully saturated rings. The van der Waals surface area contributed by atoms with Crippen molar-refractivity contribution in [2.24, 2.45) is 0 Å². The Labute approximate surface area is 95.3 Å². The first-order valence-corrected chi connectivity index (χ1v) is 5.39. The van der Waals surface area contributed by atoms with Crippen LogP contribution in [0.5, 0.6) is 0 Å². The summed E-state index contributed by atoms with van der Waals surface area (Å²) >= 11 is 1.29. The van der Waals surface area contributed by atoms with Gasteiger partial charge in [-0.1, -0.05) is 0 Å². The molecule has 5 nitrogen and oxygen atoms in total. The number of hydroxylamine groups is 1. The molecular formula is C10H10N2O3S. The molecule has 0 atom stereocenters. The zero-order valence-electron chi connectivity index (χ0n) is 8.23. The van der Waals surface area contributed by atoms with Crippen LogP contribution in [-0.2, 0) is 0 Å². The molecule has 4 N–H and O–H groups in total. The molecule has 6 heteroatoms. The molecule has 2 aromatic rings. The smallest absolute Gasteiger partial charge is 0.284 e. The fourth-order valence-corrected chi connectivity index (χ4v) is 2.34. The van der Waals surface area contributed by atoms with Crippen molar-refractivity contribution in [2.75, 3.05) is 12.0 Å².